The summed E-state index contributed by atoms with van der Waals surface area (Å²) in [6, 6.07) is 4.07. The highest BCUT2D eigenvalue weighted by molar-refractivity contribution is 9.10. The fraction of sp³-hybridized carbons (Fsp3) is 0.417. The van der Waals surface area contributed by atoms with E-state index in [1.165, 1.54) is 18.2 Å². The van der Waals surface area contributed by atoms with E-state index in [-0.39, 0.29) is 5.91 Å². The van der Waals surface area contributed by atoms with Crippen molar-refractivity contribution in [1.82, 2.24) is 10.2 Å². The number of hydrogen-bond donors (Lipinski definition) is 1. The minimum absolute atomic E-state index is 0.255. The molecule has 5 heteroatoms. The summed E-state index contributed by atoms with van der Waals surface area (Å²) in [5, 5.41) is 2.76. The van der Waals surface area contributed by atoms with Crippen molar-refractivity contribution in [1.29, 1.82) is 0 Å². The van der Waals surface area contributed by atoms with Gasteiger partial charge in [0.05, 0.1) is 5.56 Å². The first-order valence-corrected chi connectivity index (χ1v) is 6.18. The molecule has 1 N–H and O–H groups in total. The lowest BCUT2D eigenvalue weighted by Gasteiger charge is -2.10. The van der Waals surface area contributed by atoms with Crippen LogP contribution in [0.15, 0.2) is 22.7 Å². The van der Waals surface area contributed by atoms with Crippen LogP contribution in [0, 0.1) is 5.82 Å². The first-order valence-electron chi connectivity index (χ1n) is 5.38. The van der Waals surface area contributed by atoms with Gasteiger partial charge in [0.25, 0.3) is 5.91 Å². The summed E-state index contributed by atoms with van der Waals surface area (Å²) in [6.07, 6.45) is 0.867. The molecule has 1 aromatic carbocycles. The molecular formula is C12H16BrFN2O. The molecule has 0 radical (unpaired) electrons. The third kappa shape index (κ3) is 4.83. The Hall–Kier alpha value is -0.940. The Kier molecular flexibility index (Phi) is 5.58. The summed E-state index contributed by atoms with van der Waals surface area (Å²) in [7, 11) is 3.95. The number of rotatable bonds is 5. The Labute approximate surface area is 109 Å². The molecule has 0 heterocycles. The molecular weight excluding hydrogens is 287 g/mol. The summed E-state index contributed by atoms with van der Waals surface area (Å²) in [5.41, 5.74) is 0.329. The lowest BCUT2D eigenvalue weighted by atomic mass is 10.2. The maximum absolute atomic E-state index is 13.0. The number of nitrogens with zero attached hydrogens (tertiary/aromatic N) is 1. The maximum atomic E-state index is 13.0. The quantitative estimate of drug-likeness (QED) is 0.846. The second-order valence-corrected chi connectivity index (χ2v) is 4.89. The lowest BCUT2D eigenvalue weighted by molar-refractivity contribution is 0.0951. The number of carbonyl (C=O) groups is 1. The minimum atomic E-state index is -0.411. The second-order valence-electron chi connectivity index (χ2n) is 4.04. The van der Waals surface area contributed by atoms with Crippen molar-refractivity contribution in [2.75, 3.05) is 27.2 Å². The molecule has 17 heavy (non-hydrogen) atoms. The Bertz CT molecular complexity index is 396. The van der Waals surface area contributed by atoms with Crippen molar-refractivity contribution in [2.45, 2.75) is 6.42 Å². The van der Waals surface area contributed by atoms with E-state index in [0.717, 1.165) is 13.0 Å². The first-order chi connectivity index (χ1) is 8.00. The monoisotopic (exact) mass is 302 g/mol. The molecule has 0 aliphatic rings. The van der Waals surface area contributed by atoms with Crippen LogP contribution in [0.5, 0.6) is 0 Å². The molecule has 1 rings (SSSR count). The van der Waals surface area contributed by atoms with Crippen LogP contribution in [0.3, 0.4) is 0 Å². The molecule has 0 atom stereocenters. The summed E-state index contributed by atoms with van der Waals surface area (Å²) < 4.78 is 13.6. The van der Waals surface area contributed by atoms with Crippen LogP contribution in [-0.4, -0.2) is 38.0 Å². The summed E-state index contributed by atoms with van der Waals surface area (Å²) in [5.74, 6) is -0.665. The van der Waals surface area contributed by atoms with Gasteiger partial charge in [0.15, 0.2) is 0 Å². The molecule has 0 unspecified atom stereocenters. The highest BCUT2D eigenvalue weighted by Gasteiger charge is 2.10. The van der Waals surface area contributed by atoms with E-state index in [2.05, 4.69) is 21.2 Å². The van der Waals surface area contributed by atoms with Crippen molar-refractivity contribution in [3.8, 4) is 0 Å². The number of nitrogens with one attached hydrogen (secondary N) is 1. The van der Waals surface area contributed by atoms with E-state index in [4.69, 9.17) is 0 Å². The molecule has 0 spiro atoms. The lowest BCUT2D eigenvalue weighted by Crippen LogP contribution is -2.27. The van der Waals surface area contributed by atoms with E-state index in [1.807, 2.05) is 19.0 Å². The molecule has 0 fully saturated rings. The van der Waals surface area contributed by atoms with Crippen molar-refractivity contribution >= 4 is 21.8 Å². The van der Waals surface area contributed by atoms with Gasteiger partial charge in [0, 0.05) is 11.0 Å². The van der Waals surface area contributed by atoms with E-state index in [9.17, 15) is 9.18 Å². The molecule has 1 amide bonds. The molecule has 94 valence electrons. The largest absolute Gasteiger partial charge is 0.352 e. The highest BCUT2D eigenvalue weighted by Crippen LogP contribution is 2.17. The van der Waals surface area contributed by atoms with Gasteiger partial charge in [-0.15, -0.1) is 0 Å². The summed E-state index contributed by atoms with van der Waals surface area (Å²) in [6.45, 7) is 1.49. The Morgan fingerprint density at radius 3 is 2.82 bits per heavy atom. The van der Waals surface area contributed by atoms with E-state index in [1.54, 1.807) is 0 Å². The van der Waals surface area contributed by atoms with Gasteiger partial charge in [-0.25, -0.2) is 4.39 Å². The third-order valence-corrected chi connectivity index (χ3v) is 2.93. The summed E-state index contributed by atoms with van der Waals surface area (Å²) >= 11 is 3.23. The molecule has 3 nitrogen and oxygen atoms in total. The Morgan fingerprint density at radius 2 is 2.18 bits per heavy atom. The normalized spacial score (nSPS) is 10.6. The van der Waals surface area contributed by atoms with Gasteiger partial charge in [0.1, 0.15) is 5.82 Å². The van der Waals surface area contributed by atoms with Gasteiger partial charge < -0.3 is 10.2 Å². The fourth-order valence-corrected chi connectivity index (χ4v) is 1.79. The number of carbonyl (C=O) groups excluding carboxylic acids is 1. The van der Waals surface area contributed by atoms with Gasteiger partial charge >= 0.3 is 0 Å². The molecule has 0 saturated heterocycles. The van der Waals surface area contributed by atoms with Crippen molar-refractivity contribution < 1.29 is 9.18 Å². The van der Waals surface area contributed by atoms with Crippen LogP contribution in [0.25, 0.3) is 0 Å². The van der Waals surface area contributed by atoms with Crippen molar-refractivity contribution in [3.05, 3.63) is 34.1 Å². The van der Waals surface area contributed by atoms with Gasteiger partial charge in [-0.1, -0.05) is 0 Å². The maximum Gasteiger partial charge on any atom is 0.252 e. The van der Waals surface area contributed by atoms with Gasteiger partial charge in [-0.05, 0) is 61.2 Å². The smallest absolute Gasteiger partial charge is 0.252 e. The van der Waals surface area contributed by atoms with Gasteiger partial charge in [-0.3, -0.25) is 4.79 Å². The third-order valence-electron chi connectivity index (χ3n) is 2.24. The van der Waals surface area contributed by atoms with Crippen LogP contribution in [-0.2, 0) is 0 Å². The predicted molar refractivity (Wildman–Crippen MR) is 69.6 cm³/mol. The molecule has 0 saturated carbocycles. The standard InChI is InChI=1S/C12H16BrFN2O/c1-16(2)7-3-6-15-12(17)10-8-9(14)4-5-11(10)13/h4-5,8H,3,6-7H2,1-2H3,(H,15,17). The molecule has 0 aliphatic heterocycles. The molecule has 1 aromatic rings. The average molecular weight is 303 g/mol. The number of hydrogen-bond acceptors (Lipinski definition) is 2. The minimum Gasteiger partial charge on any atom is -0.352 e. The van der Waals surface area contributed by atoms with Gasteiger partial charge in [-0.2, -0.15) is 0 Å². The molecule has 0 aromatic heterocycles. The second kappa shape index (κ2) is 6.71. The van der Waals surface area contributed by atoms with Gasteiger partial charge in [0.2, 0.25) is 0 Å². The fourth-order valence-electron chi connectivity index (χ4n) is 1.36. The van der Waals surface area contributed by atoms with E-state index in [0.29, 0.717) is 16.6 Å². The zero-order valence-corrected chi connectivity index (χ0v) is 11.6. The predicted octanol–water partition coefficient (Wildman–Crippen LogP) is 2.27. The topological polar surface area (TPSA) is 32.3 Å². The van der Waals surface area contributed by atoms with Crippen LogP contribution in [0.4, 0.5) is 4.39 Å². The van der Waals surface area contributed by atoms with Crippen LogP contribution in [0.2, 0.25) is 0 Å². The summed E-state index contributed by atoms with van der Waals surface area (Å²) in [4.78, 5) is 13.8. The number of benzene rings is 1. The Balaban J connectivity index is 2.49. The van der Waals surface area contributed by atoms with E-state index >= 15 is 0 Å². The van der Waals surface area contributed by atoms with E-state index < -0.39 is 5.82 Å². The Morgan fingerprint density at radius 1 is 1.47 bits per heavy atom. The molecule has 0 aliphatic carbocycles. The SMILES string of the molecule is CN(C)CCCNC(=O)c1cc(F)ccc1Br. The zero-order chi connectivity index (χ0) is 12.8. The average Bonchev–Trinajstić information content (AvgIpc) is 2.27. The number of amides is 1. The van der Waals surface area contributed by atoms with Crippen LogP contribution < -0.4 is 5.32 Å². The highest BCUT2D eigenvalue weighted by atomic mass is 79.9. The molecule has 0 bridgehead atoms. The van der Waals surface area contributed by atoms with Crippen LogP contribution >= 0.6 is 15.9 Å². The van der Waals surface area contributed by atoms with Crippen molar-refractivity contribution in [2.24, 2.45) is 0 Å². The first kappa shape index (κ1) is 14.1. The van der Waals surface area contributed by atoms with Crippen LogP contribution in [0.1, 0.15) is 16.8 Å². The van der Waals surface area contributed by atoms with Crippen molar-refractivity contribution in [3.63, 3.8) is 0 Å². The number of halogens is 2. The zero-order valence-electron chi connectivity index (χ0n) is 9.96.